The highest BCUT2D eigenvalue weighted by atomic mass is 16.7. The van der Waals surface area contributed by atoms with E-state index < -0.39 is 18.5 Å². The van der Waals surface area contributed by atoms with Gasteiger partial charge in [-0.25, -0.2) is 4.79 Å². The number of hydrogen-bond acceptors (Lipinski definition) is 12. The molecule has 1 saturated heterocycles. The van der Waals surface area contributed by atoms with E-state index in [9.17, 15) is 19.5 Å². The zero-order valence-corrected chi connectivity index (χ0v) is 38.1. The third-order valence-corrected chi connectivity index (χ3v) is 11.0. The fourth-order valence-corrected chi connectivity index (χ4v) is 8.85. The monoisotopic (exact) mass is 848 g/mol. The summed E-state index contributed by atoms with van der Waals surface area (Å²) in [7, 11) is 2.02. The maximum atomic E-state index is 13.0. The van der Waals surface area contributed by atoms with E-state index >= 15 is 0 Å². The highest BCUT2D eigenvalue weighted by Gasteiger charge is 2.49. The van der Waals surface area contributed by atoms with Crippen LogP contribution in [0.2, 0.25) is 0 Å². The Bertz CT molecular complexity index is 1490. The average molecular weight is 848 g/mol. The van der Waals surface area contributed by atoms with Crippen molar-refractivity contribution in [1.29, 1.82) is 0 Å². The van der Waals surface area contributed by atoms with Gasteiger partial charge in [-0.2, -0.15) is 5.10 Å². The predicted molar refractivity (Wildman–Crippen MR) is 232 cm³/mol. The van der Waals surface area contributed by atoms with Crippen LogP contribution < -0.4 is 25.4 Å². The Kier molecular flexibility index (Phi) is 21.4. The standard InChI is InChI=1S/C45H77N5O10/c1-10-16-49-50(9)28-33(4)27-45(31-43(6,7)30-44(8,12-3)32-45)58-21-19-48-42(54)57-29-35-13-14-37(60-41-25-36(51)24-34(5)59-41)26-38(35)56-23-22-55-20-18-47-40(53)15-17-46-39(52)11-2/h13-14,16,26,33-34,36,41,51H,10-12,15,17-25,27-32H2,1-9H3,(H,46,52)(H,47,53)(H,48,54)/b49-16-. The number of ether oxygens (including phenoxy) is 6. The van der Waals surface area contributed by atoms with Crippen LogP contribution in [0.3, 0.4) is 0 Å². The zero-order chi connectivity index (χ0) is 44.2. The number of rotatable bonds is 26. The lowest BCUT2D eigenvalue weighted by atomic mass is 9.56. The second-order valence-corrected chi connectivity index (χ2v) is 17.9. The third kappa shape index (κ3) is 18.9. The van der Waals surface area contributed by atoms with Gasteiger partial charge in [-0.3, -0.25) is 9.59 Å². The van der Waals surface area contributed by atoms with Crippen molar-refractivity contribution < 1.29 is 47.9 Å². The molecule has 1 heterocycles. The van der Waals surface area contributed by atoms with E-state index in [0.717, 1.165) is 45.1 Å². The summed E-state index contributed by atoms with van der Waals surface area (Å²) in [6.45, 7) is 20.1. The predicted octanol–water partition coefficient (Wildman–Crippen LogP) is 6.34. The summed E-state index contributed by atoms with van der Waals surface area (Å²) in [5.41, 5.74) is 0.569. The highest BCUT2D eigenvalue weighted by molar-refractivity contribution is 5.78. The van der Waals surface area contributed by atoms with Crippen molar-refractivity contribution in [2.45, 2.75) is 150 Å². The molecule has 1 aromatic rings. The number of alkyl carbamates (subject to hydrolysis) is 1. The lowest BCUT2D eigenvalue weighted by molar-refractivity contribution is -0.170. The molecule has 15 heteroatoms. The molecule has 1 aromatic carbocycles. The van der Waals surface area contributed by atoms with Crippen molar-refractivity contribution >= 4 is 24.1 Å². The summed E-state index contributed by atoms with van der Waals surface area (Å²) in [6, 6.07) is 5.23. The Labute approximate surface area is 359 Å². The lowest BCUT2D eigenvalue weighted by Crippen LogP contribution is -2.50. The quantitative estimate of drug-likeness (QED) is 0.0465. The van der Waals surface area contributed by atoms with Gasteiger partial charge in [0.15, 0.2) is 0 Å². The number of aliphatic hydroxyl groups is 1. The van der Waals surface area contributed by atoms with Crippen LogP contribution >= 0.6 is 0 Å². The average Bonchev–Trinajstić information content (AvgIpc) is 3.16. The van der Waals surface area contributed by atoms with E-state index in [4.69, 9.17) is 28.4 Å². The molecular weight excluding hydrogens is 771 g/mol. The molecule has 60 heavy (non-hydrogen) atoms. The largest absolute Gasteiger partial charge is 0.491 e. The number of benzene rings is 1. The first kappa shape index (κ1) is 50.7. The number of nitrogens with one attached hydrogen (secondary N) is 3. The summed E-state index contributed by atoms with van der Waals surface area (Å²) in [5.74, 6) is 1.01. The lowest BCUT2D eigenvalue weighted by Gasteiger charge is -2.53. The molecule has 0 aromatic heterocycles. The van der Waals surface area contributed by atoms with E-state index in [1.807, 2.05) is 25.2 Å². The van der Waals surface area contributed by atoms with E-state index in [-0.39, 0.29) is 73.7 Å². The van der Waals surface area contributed by atoms with Gasteiger partial charge in [0, 0.05) is 70.3 Å². The van der Waals surface area contributed by atoms with Gasteiger partial charge in [0.25, 0.3) is 0 Å². The second kappa shape index (κ2) is 25.3. The fourth-order valence-electron chi connectivity index (χ4n) is 8.85. The number of aliphatic hydroxyl groups excluding tert-OH is 1. The van der Waals surface area contributed by atoms with E-state index in [2.05, 4.69) is 62.6 Å². The van der Waals surface area contributed by atoms with Crippen molar-refractivity contribution in [3.8, 4) is 11.5 Å². The maximum Gasteiger partial charge on any atom is 0.407 e. The second-order valence-electron chi connectivity index (χ2n) is 17.9. The van der Waals surface area contributed by atoms with Crippen molar-refractivity contribution in [2.24, 2.45) is 21.8 Å². The number of amides is 3. The minimum atomic E-state index is -0.618. The first-order valence-corrected chi connectivity index (χ1v) is 22.1. The van der Waals surface area contributed by atoms with Gasteiger partial charge < -0.3 is 54.5 Å². The molecule has 0 spiro atoms. The van der Waals surface area contributed by atoms with Gasteiger partial charge in [-0.1, -0.05) is 54.9 Å². The molecule has 0 bridgehead atoms. The highest BCUT2D eigenvalue weighted by Crippen LogP contribution is 2.55. The molecule has 3 rings (SSSR count). The number of hydrazone groups is 1. The maximum absolute atomic E-state index is 13.0. The van der Waals surface area contributed by atoms with Crippen LogP contribution in [0.15, 0.2) is 23.3 Å². The summed E-state index contributed by atoms with van der Waals surface area (Å²) in [4.78, 5) is 36.4. The topological polar surface area (TPSA) is 179 Å². The summed E-state index contributed by atoms with van der Waals surface area (Å²) in [5, 5.41) is 25.1. The SMILES string of the molecule is CC/C=N\N(C)CC(C)CC1(OCCNC(=O)OCc2ccc(OC3CC(O)CC(C)O3)cc2OCCOCCNC(=O)CCNC(=O)CC)CC(C)(C)CC(C)(CC)C1. The van der Waals surface area contributed by atoms with Gasteiger partial charge in [0.05, 0.1) is 37.6 Å². The van der Waals surface area contributed by atoms with Crippen LogP contribution in [-0.2, 0) is 35.1 Å². The third-order valence-electron chi connectivity index (χ3n) is 11.0. The molecule has 6 unspecified atom stereocenters. The van der Waals surface area contributed by atoms with Crippen LogP contribution in [0.25, 0.3) is 0 Å². The number of carbonyl (C=O) groups is 3. The summed E-state index contributed by atoms with van der Waals surface area (Å²) >= 11 is 0. The molecule has 2 fully saturated rings. The fraction of sp³-hybridized carbons (Fsp3) is 0.778. The van der Waals surface area contributed by atoms with Crippen LogP contribution in [0.4, 0.5) is 4.79 Å². The van der Waals surface area contributed by atoms with Gasteiger partial charge in [0.2, 0.25) is 18.1 Å². The molecule has 15 nitrogen and oxygen atoms in total. The van der Waals surface area contributed by atoms with Crippen molar-refractivity contribution in [1.82, 2.24) is 21.0 Å². The Morgan fingerprint density at radius 3 is 2.45 bits per heavy atom. The molecule has 0 radical (unpaired) electrons. The van der Waals surface area contributed by atoms with Gasteiger partial charge >= 0.3 is 6.09 Å². The minimum Gasteiger partial charge on any atom is -0.491 e. The van der Waals surface area contributed by atoms with Crippen LogP contribution in [0, 0.1) is 16.7 Å². The van der Waals surface area contributed by atoms with Crippen molar-refractivity contribution in [3.63, 3.8) is 0 Å². The molecule has 2 aliphatic rings. The smallest absolute Gasteiger partial charge is 0.407 e. The zero-order valence-electron chi connectivity index (χ0n) is 38.1. The summed E-state index contributed by atoms with van der Waals surface area (Å²) < 4.78 is 36.2. The minimum absolute atomic E-state index is 0.0535. The molecule has 1 aliphatic heterocycles. The molecule has 6 atom stereocenters. The molecule has 1 aliphatic carbocycles. The molecule has 3 amide bonds. The molecule has 1 saturated carbocycles. The van der Waals surface area contributed by atoms with Crippen molar-refractivity contribution in [3.05, 3.63) is 23.8 Å². The Morgan fingerprint density at radius 2 is 1.73 bits per heavy atom. The number of nitrogens with zero attached hydrogens (tertiary/aromatic N) is 2. The first-order chi connectivity index (χ1) is 28.5. The van der Waals surface area contributed by atoms with Crippen molar-refractivity contribution in [2.75, 3.05) is 59.7 Å². The normalized spacial score (nSPS) is 24.3. The first-order valence-electron chi connectivity index (χ1n) is 22.1. The Balaban J connectivity index is 1.56. The molecule has 4 N–H and O–H groups in total. The molecular formula is C45H77N5O10. The van der Waals surface area contributed by atoms with Crippen LogP contribution in [0.5, 0.6) is 11.5 Å². The number of carbonyl (C=O) groups excluding carboxylic acids is 3. The van der Waals surface area contributed by atoms with Gasteiger partial charge in [0.1, 0.15) is 24.7 Å². The summed E-state index contributed by atoms with van der Waals surface area (Å²) in [6.07, 6.45) is 7.47. The van der Waals surface area contributed by atoms with E-state index in [1.165, 1.54) is 0 Å². The molecule has 342 valence electrons. The Hall–Kier alpha value is -3.66. The van der Waals surface area contributed by atoms with Gasteiger partial charge in [-0.05, 0) is 74.3 Å². The van der Waals surface area contributed by atoms with E-state index in [1.54, 1.807) is 25.1 Å². The van der Waals surface area contributed by atoms with Crippen LogP contribution in [0.1, 0.15) is 125 Å². The van der Waals surface area contributed by atoms with Crippen LogP contribution in [-0.4, -0.2) is 118 Å². The Morgan fingerprint density at radius 1 is 0.983 bits per heavy atom. The van der Waals surface area contributed by atoms with E-state index in [0.29, 0.717) is 61.9 Å². The number of hydrogen-bond donors (Lipinski definition) is 4. The van der Waals surface area contributed by atoms with Gasteiger partial charge in [-0.15, -0.1) is 0 Å².